The summed E-state index contributed by atoms with van der Waals surface area (Å²) in [7, 11) is 0. The number of nitriles is 1. The van der Waals surface area contributed by atoms with Crippen molar-refractivity contribution in [3.05, 3.63) is 22.5 Å². The van der Waals surface area contributed by atoms with Crippen LogP contribution in [0.15, 0.2) is 4.90 Å². The lowest BCUT2D eigenvalue weighted by atomic mass is 10.1. The van der Waals surface area contributed by atoms with Crippen molar-refractivity contribution in [1.29, 1.82) is 5.26 Å². The molecule has 0 aromatic carbocycles. The molecule has 0 amide bonds. The highest BCUT2D eigenvalue weighted by Crippen LogP contribution is 2.25. The van der Waals surface area contributed by atoms with Crippen LogP contribution in [0.25, 0.3) is 0 Å². The zero-order valence-corrected chi connectivity index (χ0v) is 11.7. The molecule has 4 nitrogen and oxygen atoms in total. The minimum absolute atomic E-state index is 0.285. The molecule has 0 saturated heterocycles. The summed E-state index contributed by atoms with van der Waals surface area (Å²) in [6.07, 6.45) is 1.52. The van der Waals surface area contributed by atoms with Crippen molar-refractivity contribution in [2.45, 2.75) is 38.5 Å². The third kappa shape index (κ3) is 2.82. The maximum atomic E-state index is 11.9. The number of nitrogens with zero attached hydrogens (tertiary/aromatic N) is 2. The Labute approximate surface area is 112 Å². The average Bonchev–Trinajstić information content (AvgIpc) is 2.29. The van der Waals surface area contributed by atoms with E-state index in [1.165, 1.54) is 0 Å². The number of aromatic nitrogens is 1. The Kier molecular flexibility index (Phi) is 5.17. The van der Waals surface area contributed by atoms with E-state index in [1.807, 2.05) is 13.0 Å². The highest BCUT2D eigenvalue weighted by atomic mass is 32.1. The van der Waals surface area contributed by atoms with Crippen LogP contribution in [0.2, 0.25) is 0 Å². The number of rotatable bonds is 4. The summed E-state index contributed by atoms with van der Waals surface area (Å²) in [6.45, 7) is 5.77. The van der Waals surface area contributed by atoms with Gasteiger partial charge in [0.15, 0.2) is 0 Å². The van der Waals surface area contributed by atoms with Crippen LogP contribution in [-0.2, 0) is 11.2 Å². The summed E-state index contributed by atoms with van der Waals surface area (Å²) in [5.41, 5.74) is 1.90. The Morgan fingerprint density at radius 2 is 2.17 bits per heavy atom. The Bertz CT molecular complexity index is 507. The first kappa shape index (κ1) is 14.5. The van der Waals surface area contributed by atoms with E-state index in [1.54, 1.807) is 13.8 Å². The Morgan fingerprint density at radius 1 is 1.50 bits per heavy atom. The maximum Gasteiger partial charge on any atom is 0.341 e. The van der Waals surface area contributed by atoms with Gasteiger partial charge in [-0.05, 0) is 20.3 Å². The predicted molar refractivity (Wildman–Crippen MR) is 70.9 cm³/mol. The van der Waals surface area contributed by atoms with E-state index in [-0.39, 0.29) is 6.61 Å². The van der Waals surface area contributed by atoms with Gasteiger partial charge in [0.25, 0.3) is 0 Å². The summed E-state index contributed by atoms with van der Waals surface area (Å²) in [6, 6.07) is 2.02. The van der Waals surface area contributed by atoms with Gasteiger partial charge in [-0.3, -0.25) is 4.98 Å². The van der Waals surface area contributed by atoms with Crippen molar-refractivity contribution < 1.29 is 9.53 Å². The fourth-order valence-electron chi connectivity index (χ4n) is 1.72. The number of hydrogen-bond donors (Lipinski definition) is 1. The van der Waals surface area contributed by atoms with Gasteiger partial charge in [-0.25, -0.2) is 4.79 Å². The molecule has 5 heteroatoms. The SMILES string of the molecule is CCCc1nc(C)c(C#N)c(S)c1C(=O)OCC. The molecule has 1 aromatic heterocycles. The molecule has 0 unspecified atom stereocenters. The van der Waals surface area contributed by atoms with Crippen LogP contribution < -0.4 is 0 Å². The molecule has 0 N–H and O–H groups in total. The van der Waals surface area contributed by atoms with Crippen molar-refractivity contribution in [2.75, 3.05) is 6.61 Å². The minimum atomic E-state index is -0.463. The van der Waals surface area contributed by atoms with Crippen LogP contribution in [0.3, 0.4) is 0 Å². The van der Waals surface area contributed by atoms with E-state index >= 15 is 0 Å². The summed E-state index contributed by atoms with van der Waals surface area (Å²) in [5, 5.41) is 9.07. The average molecular weight is 264 g/mol. The monoisotopic (exact) mass is 264 g/mol. The number of aryl methyl sites for hydroxylation is 2. The lowest BCUT2D eigenvalue weighted by Crippen LogP contribution is -2.13. The molecule has 1 aromatic rings. The second kappa shape index (κ2) is 6.41. The highest BCUT2D eigenvalue weighted by molar-refractivity contribution is 7.80. The highest BCUT2D eigenvalue weighted by Gasteiger charge is 2.21. The molecule has 1 heterocycles. The molecule has 0 bridgehead atoms. The number of hydrogen-bond acceptors (Lipinski definition) is 5. The van der Waals surface area contributed by atoms with Gasteiger partial charge in [0, 0.05) is 4.90 Å². The van der Waals surface area contributed by atoms with Crippen LogP contribution in [0.5, 0.6) is 0 Å². The largest absolute Gasteiger partial charge is 0.462 e. The molecule has 0 aliphatic rings. The van der Waals surface area contributed by atoms with E-state index in [0.29, 0.717) is 33.8 Å². The first-order valence-electron chi connectivity index (χ1n) is 5.86. The smallest absolute Gasteiger partial charge is 0.341 e. The van der Waals surface area contributed by atoms with E-state index < -0.39 is 5.97 Å². The molecule has 0 atom stereocenters. The number of carbonyl (C=O) groups excluding carboxylic acids is 1. The fraction of sp³-hybridized carbons (Fsp3) is 0.462. The first-order chi connectivity index (χ1) is 8.56. The Hall–Kier alpha value is -1.54. The zero-order valence-electron chi connectivity index (χ0n) is 10.8. The molecule has 18 heavy (non-hydrogen) atoms. The zero-order chi connectivity index (χ0) is 13.7. The molecule has 0 saturated carbocycles. The molecule has 1 rings (SSSR count). The van der Waals surface area contributed by atoms with Gasteiger partial charge >= 0.3 is 5.97 Å². The van der Waals surface area contributed by atoms with Crippen LogP contribution in [0.1, 0.15) is 47.6 Å². The number of ether oxygens (including phenoxy) is 1. The maximum absolute atomic E-state index is 11.9. The number of thiol groups is 1. The Balaban J connectivity index is 3.44. The van der Waals surface area contributed by atoms with Crippen molar-refractivity contribution in [3.63, 3.8) is 0 Å². The van der Waals surface area contributed by atoms with E-state index in [9.17, 15) is 4.79 Å². The van der Waals surface area contributed by atoms with Gasteiger partial charge in [0.1, 0.15) is 6.07 Å². The summed E-state index contributed by atoms with van der Waals surface area (Å²) < 4.78 is 5.00. The van der Waals surface area contributed by atoms with Gasteiger partial charge in [-0.15, -0.1) is 12.6 Å². The van der Waals surface area contributed by atoms with E-state index in [4.69, 9.17) is 10.00 Å². The molecule has 0 aliphatic heterocycles. The van der Waals surface area contributed by atoms with Gasteiger partial charge in [0.2, 0.25) is 0 Å². The van der Waals surface area contributed by atoms with Gasteiger partial charge in [0.05, 0.1) is 29.1 Å². The topological polar surface area (TPSA) is 63.0 Å². The number of pyridine rings is 1. The molecule has 0 spiro atoms. The van der Waals surface area contributed by atoms with Gasteiger partial charge < -0.3 is 4.74 Å². The summed E-state index contributed by atoms with van der Waals surface area (Å²) in [5.74, 6) is -0.463. The molecule has 96 valence electrons. The normalized spacial score (nSPS) is 9.94. The molecular weight excluding hydrogens is 248 g/mol. The lowest BCUT2D eigenvalue weighted by Gasteiger charge is -2.12. The van der Waals surface area contributed by atoms with Crippen molar-refractivity contribution in [2.24, 2.45) is 0 Å². The van der Waals surface area contributed by atoms with Crippen molar-refractivity contribution in [3.8, 4) is 6.07 Å². The van der Waals surface area contributed by atoms with Crippen LogP contribution in [0, 0.1) is 18.3 Å². The third-order valence-corrected chi connectivity index (χ3v) is 2.95. The van der Waals surface area contributed by atoms with Crippen molar-refractivity contribution in [1.82, 2.24) is 4.98 Å². The van der Waals surface area contributed by atoms with Crippen molar-refractivity contribution >= 4 is 18.6 Å². The summed E-state index contributed by atoms with van der Waals surface area (Å²) in [4.78, 5) is 16.6. The van der Waals surface area contributed by atoms with Crippen LogP contribution >= 0.6 is 12.6 Å². The van der Waals surface area contributed by atoms with Gasteiger partial charge in [-0.1, -0.05) is 13.3 Å². The standard InChI is InChI=1S/C13H16N2O2S/c1-4-6-10-11(13(16)17-5-2)12(18)9(7-14)8(3)15-10/h4-6H2,1-3H3,(H,15,18). The lowest BCUT2D eigenvalue weighted by molar-refractivity contribution is 0.0520. The third-order valence-electron chi connectivity index (χ3n) is 2.50. The second-order valence-corrected chi connectivity index (χ2v) is 4.27. The molecule has 0 fully saturated rings. The number of carbonyl (C=O) groups is 1. The fourth-order valence-corrected chi connectivity index (χ4v) is 2.15. The van der Waals surface area contributed by atoms with E-state index in [0.717, 1.165) is 6.42 Å². The summed E-state index contributed by atoms with van der Waals surface area (Å²) >= 11 is 4.29. The molecule has 0 radical (unpaired) electrons. The van der Waals surface area contributed by atoms with Crippen LogP contribution in [0.4, 0.5) is 0 Å². The number of esters is 1. The molecular formula is C13H16N2O2S. The quantitative estimate of drug-likeness (QED) is 0.671. The minimum Gasteiger partial charge on any atom is -0.462 e. The van der Waals surface area contributed by atoms with Crippen LogP contribution in [-0.4, -0.2) is 17.6 Å². The second-order valence-electron chi connectivity index (χ2n) is 3.82. The predicted octanol–water partition coefficient (Wildman–Crippen LogP) is 2.68. The van der Waals surface area contributed by atoms with E-state index in [2.05, 4.69) is 17.6 Å². The molecule has 0 aliphatic carbocycles. The van der Waals surface area contributed by atoms with Gasteiger partial charge in [-0.2, -0.15) is 5.26 Å². The Morgan fingerprint density at radius 3 is 2.67 bits per heavy atom. The first-order valence-corrected chi connectivity index (χ1v) is 6.31.